The van der Waals surface area contributed by atoms with Crippen molar-refractivity contribution in [1.82, 2.24) is 29.4 Å². The zero-order valence-corrected chi connectivity index (χ0v) is 21.2. The Morgan fingerprint density at radius 1 is 1.36 bits per heavy atom. The summed E-state index contributed by atoms with van der Waals surface area (Å²) in [5.41, 5.74) is -1.22. The number of fused-ring (bicyclic) bond motifs is 1. The minimum absolute atomic E-state index is 0.00463. The molecule has 2 N–H and O–H groups in total. The van der Waals surface area contributed by atoms with E-state index in [2.05, 4.69) is 24.7 Å². The lowest BCUT2D eigenvalue weighted by atomic mass is 10.1. The summed E-state index contributed by atoms with van der Waals surface area (Å²) in [6.07, 6.45) is 2.31. The summed E-state index contributed by atoms with van der Waals surface area (Å²) in [4.78, 5) is 22.2. The highest BCUT2D eigenvalue weighted by molar-refractivity contribution is 7.89. The first-order valence-electron chi connectivity index (χ1n) is 15.5. The van der Waals surface area contributed by atoms with E-state index in [-0.39, 0.29) is 64.3 Å². The Bertz CT molecular complexity index is 1620. The molecule has 36 heavy (non-hydrogen) atoms. The molecule has 196 valence electrons. The highest BCUT2D eigenvalue weighted by Gasteiger charge is 2.23. The number of aromatic nitrogens is 4. The van der Waals surface area contributed by atoms with Crippen LogP contribution in [0.1, 0.15) is 61.2 Å². The van der Waals surface area contributed by atoms with Gasteiger partial charge in [0.25, 0.3) is 5.56 Å². The van der Waals surface area contributed by atoms with Gasteiger partial charge in [0.15, 0.2) is 5.52 Å². The van der Waals surface area contributed by atoms with Crippen LogP contribution in [-0.2, 0) is 23.4 Å². The van der Waals surface area contributed by atoms with E-state index in [0.29, 0.717) is 17.5 Å². The third kappa shape index (κ3) is 5.47. The zero-order chi connectivity index (χ0) is 31.7. The molecule has 1 fully saturated rings. The van der Waals surface area contributed by atoms with Gasteiger partial charge < -0.3 is 14.6 Å². The van der Waals surface area contributed by atoms with E-state index in [0.717, 1.165) is 19.4 Å². The van der Waals surface area contributed by atoms with E-state index in [1.54, 1.807) is 0 Å². The van der Waals surface area contributed by atoms with Crippen LogP contribution in [0.25, 0.3) is 22.4 Å². The van der Waals surface area contributed by atoms with Gasteiger partial charge >= 0.3 is 0 Å². The second-order valence-corrected chi connectivity index (χ2v) is 10.5. The van der Waals surface area contributed by atoms with Crippen molar-refractivity contribution in [2.75, 3.05) is 26.7 Å². The third-order valence-corrected chi connectivity index (χ3v) is 7.59. The Kier molecular flexibility index (Phi) is 5.70. The van der Waals surface area contributed by atoms with Gasteiger partial charge in [-0.05, 0) is 63.9 Å². The van der Waals surface area contributed by atoms with E-state index < -0.39 is 35.9 Å². The van der Waals surface area contributed by atoms with Crippen LogP contribution in [0.3, 0.4) is 0 Å². The van der Waals surface area contributed by atoms with Crippen molar-refractivity contribution in [3.63, 3.8) is 0 Å². The summed E-state index contributed by atoms with van der Waals surface area (Å²) in [5.74, 6) is 0.0986. The van der Waals surface area contributed by atoms with Crippen LogP contribution in [0.5, 0.6) is 5.75 Å². The first-order chi connectivity index (χ1) is 20.0. The van der Waals surface area contributed by atoms with Crippen molar-refractivity contribution >= 4 is 21.1 Å². The number of sulfonamides is 1. The topological polar surface area (TPSA) is 122 Å². The summed E-state index contributed by atoms with van der Waals surface area (Å²) in [5, 5.41) is 4.03. The molecule has 3 heterocycles. The highest BCUT2D eigenvalue weighted by Crippen LogP contribution is 2.31. The average molecular weight is 524 g/mol. The molecule has 0 bridgehead atoms. The first-order valence-corrected chi connectivity index (χ1v) is 13.4. The van der Waals surface area contributed by atoms with Crippen molar-refractivity contribution < 1.29 is 22.7 Å². The number of ether oxygens (including phenoxy) is 1. The van der Waals surface area contributed by atoms with Crippen molar-refractivity contribution in [1.29, 1.82) is 0 Å². The van der Waals surface area contributed by atoms with E-state index >= 15 is 0 Å². The second kappa shape index (κ2) is 11.1. The highest BCUT2D eigenvalue weighted by atomic mass is 32.2. The predicted octanol–water partition coefficient (Wildman–Crippen LogP) is 2.83. The smallest absolute Gasteiger partial charge is 0.277 e. The first kappa shape index (κ1) is 18.5. The summed E-state index contributed by atoms with van der Waals surface area (Å²) in [6.45, 7) is -3.22. The van der Waals surface area contributed by atoms with Gasteiger partial charge in [-0.2, -0.15) is 5.10 Å². The van der Waals surface area contributed by atoms with Gasteiger partial charge in [-0.25, -0.2) is 18.1 Å². The molecule has 1 aromatic carbocycles. The van der Waals surface area contributed by atoms with Crippen molar-refractivity contribution in [2.45, 2.75) is 63.2 Å². The number of aryl methyl sites for hydroxylation is 2. The fraction of sp³-hybridized carbons (Fsp3) is 0.560. The largest absolute Gasteiger partial charge is 0.493 e. The number of nitrogens with zero attached hydrogens (tertiary/aromatic N) is 4. The number of aromatic amines is 1. The third-order valence-electron chi connectivity index (χ3n) is 6.24. The molecule has 2 unspecified atom stereocenters. The van der Waals surface area contributed by atoms with Gasteiger partial charge in [0, 0.05) is 29.1 Å². The maximum absolute atomic E-state index is 13.3. The van der Waals surface area contributed by atoms with Crippen LogP contribution >= 0.6 is 0 Å². The number of likely N-dealkylation sites (tertiary alicyclic amines) is 1. The number of rotatable bonds is 11. The molecule has 0 radical (unpaired) electrons. The molecule has 0 amide bonds. The molecule has 11 heteroatoms. The van der Waals surface area contributed by atoms with Gasteiger partial charge in [0.2, 0.25) is 10.0 Å². The Hall–Kier alpha value is -2.76. The molecular formula is C25H36N6O4S. The molecule has 10 nitrogen and oxygen atoms in total. The molecule has 0 saturated carbocycles. The molecule has 0 aliphatic carbocycles. The van der Waals surface area contributed by atoms with Crippen LogP contribution in [0.2, 0.25) is 0 Å². The quantitative estimate of drug-likeness (QED) is 0.396. The molecular weight excluding hydrogens is 480 g/mol. The molecule has 1 aliphatic rings. The predicted molar refractivity (Wildman–Crippen MR) is 140 cm³/mol. The molecule has 0 spiro atoms. The minimum atomic E-state index is -4.17. The van der Waals surface area contributed by atoms with Crippen LogP contribution in [-0.4, -0.2) is 65.8 Å². The van der Waals surface area contributed by atoms with Gasteiger partial charge in [0.05, 0.1) is 22.8 Å². The molecule has 2 atom stereocenters. The van der Waals surface area contributed by atoms with E-state index in [1.165, 1.54) is 18.2 Å². The minimum Gasteiger partial charge on any atom is -0.493 e. The number of hydrogen-bond donors (Lipinski definition) is 2. The lowest BCUT2D eigenvalue weighted by Gasteiger charge is -2.19. The monoisotopic (exact) mass is 523 g/mol. The summed E-state index contributed by atoms with van der Waals surface area (Å²) < 4.78 is 89.8. The van der Waals surface area contributed by atoms with Gasteiger partial charge in [-0.15, -0.1) is 0 Å². The summed E-state index contributed by atoms with van der Waals surface area (Å²) in [7, 11) is -2.23. The standard InChI is InChI=1S/C25H36N6O4S/c1-5-8-20-22-23(31(4)29-20)25(32)28-24(27-22)19-16-18(10-11-21(19)35-15-6-2)36(33,34)26-13-12-17-9-7-14-30(17)3/h10-11,16-17,26H,5-9,12-15H2,1-4H3,(H,27,28,32)/i1D3,4D3,13D. The van der Waals surface area contributed by atoms with E-state index in [1.807, 2.05) is 14.0 Å². The van der Waals surface area contributed by atoms with Crippen molar-refractivity contribution in [2.24, 2.45) is 6.98 Å². The molecule has 2 aromatic heterocycles. The van der Waals surface area contributed by atoms with Crippen LogP contribution in [0, 0.1) is 0 Å². The summed E-state index contributed by atoms with van der Waals surface area (Å²) >= 11 is 0. The zero-order valence-electron chi connectivity index (χ0n) is 27.4. The van der Waals surface area contributed by atoms with E-state index in [9.17, 15) is 13.2 Å². The Labute approximate surface area is 222 Å². The number of nitrogens with one attached hydrogen (secondary N) is 2. The molecule has 4 rings (SSSR count). The van der Waals surface area contributed by atoms with Gasteiger partial charge in [-0.1, -0.05) is 20.2 Å². The fourth-order valence-corrected chi connectivity index (χ4v) is 5.31. The maximum atomic E-state index is 13.3. The number of hydrogen-bond acceptors (Lipinski definition) is 7. The second-order valence-electron chi connectivity index (χ2n) is 8.81. The van der Waals surface area contributed by atoms with Gasteiger partial charge in [0.1, 0.15) is 17.1 Å². The Morgan fingerprint density at radius 3 is 2.94 bits per heavy atom. The van der Waals surface area contributed by atoms with Gasteiger partial charge in [-0.3, -0.25) is 9.48 Å². The summed E-state index contributed by atoms with van der Waals surface area (Å²) in [6, 6.07) is 4.12. The molecule has 3 aromatic rings. The Morgan fingerprint density at radius 2 is 2.22 bits per heavy atom. The van der Waals surface area contributed by atoms with Crippen LogP contribution < -0.4 is 15.0 Å². The van der Waals surface area contributed by atoms with E-state index in [4.69, 9.17) is 14.3 Å². The maximum Gasteiger partial charge on any atom is 0.277 e. The number of H-pyrrole nitrogens is 1. The van der Waals surface area contributed by atoms with Crippen molar-refractivity contribution in [3.05, 3.63) is 34.2 Å². The lowest BCUT2D eigenvalue weighted by Crippen LogP contribution is -2.31. The van der Waals surface area contributed by atoms with Crippen LogP contribution in [0.15, 0.2) is 27.9 Å². The van der Waals surface area contributed by atoms with Crippen LogP contribution in [0.4, 0.5) is 0 Å². The molecule has 1 aliphatic heterocycles. The average Bonchev–Trinajstić information content (AvgIpc) is 3.48. The van der Waals surface area contributed by atoms with Crippen molar-refractivity contribution in [3.8, 4) is 17.1 Å². The number of benzene rings is 1. The molecule has 1 saturated heterocycles. The lowest BCUT2D eigenvalue weighted by molar-refractivity contribution is 0.297. The SMILES string of the molecule is [2H]C(CC1CCCN1C)NS(=O)(=O)c1ccc(OCCC)c(-c2nc3c(CCC([2H])([2H])[2H])nn(C([2H])([2H])[2H])c3c(=O)[nH]2)c1. The Balaban J connectivity index is 1.79. The fourth-order valence-electron chi connectivity index (χ4n) is 4.34. The normalized spacial score (nSPS) is 21.2.